The summed E-state index contributed by atoms with van der Waals surface area (Å²) in [6.07, 6.45) is 1.67. The van der Waals surface area contributed by atoms with Crippen LogP contribution in [0.4, 0.5) is 16.2 Å². The van der Waals surface area contributed by atoms with Gasteiger partial charge in [0.2, 0.25) is 0 Å². The molecular formula is C16H15ClN2O2. The maximum Gasteiger partial charge on any atom is 0.323 e. The molecule has 0 bridgehead atoms. The lowest BCUT2D eigenvalue weighted by molar-refractivity contribution is 0.262. The number of urea groups is 1. The molecule has 0 atom stereocenters. The highest BCUT2D eigenvalue weighted by molar-refractivity contribution is 6.30. The summed E-state index contributed by atoms with van der Waals surface area (Å²) < 4.78 is 5.36. The average molecular weight is 303 g/mol. The van der Waals surface area contributed by atoms with Gasteiger partial charge in [-0.05, 0) is 48.5 Å². The van der Waals surface area contributed by atoms with Crippen molar-refractivity contribution >= 4 is 29.0 Å². The highest BCUT2D eigenvalue weighted by Gasteiger charge is 2.03. The fraction of sp³-hybridized carbons (Fsp3) is 0.0625. The first-order valence-electron chi connectivity index (χ1n) is 6.35. The summed E-state index contributed by atoms with van der Waals surface area (Å²) >= 11 is 5.78. The number of hydrogen-bond donors (Lipinski definition) is 2. The Morgan fingerprint density at radius 2 is 1.57 bits per heavy atom. The summed E-state index contributed by atoms with van der Waals surface area (Å²) in [4.78, 5) is 11.8. The van der Waals surface area contributed by atoms with Crippen LogP contribution in [-0.2, 0) is 0 Å². The fourth-order valence-electron chi connectivity index (χ4n) is 1.62. The van der Waals surface area contributed by atoms with Crippen molar-refractivity contribution in [2.45, 2.75) is 0 Å². The summed E-state index contributed by atoms with van der Waals surface area (Å²) in [5.74, 6) is 0.721. The fourth-order valence-corrected chi connectivity index (χ4v) is 1.74. The number of rotatable bonds is 5. The van der Waals surface area contributed by atoms with Crippen LogP contribution < -0.4 is 15.4 Å². The predicted molar refractivity (Wildman–Crippen MR) is 86.2 cm³/mol. The van der Waals surface area contributed by atoms with Gasteiger partial charge in [-0.25, -0.2) is 4.79 Å². The molecule has 4 nitrogen and oxygen atoms in total. The molecule has 21 heavy (non-hydrogen) atoms. The second-order valence-electron chi connectivity index (χ2n) is 4.21. The van der Waals surface area contributed by atoms with Gasteiger partial charge in [0.1, 0.15) is 12.4 Å². The van der Waals surface area contributed by atoms with E-state index in [4.69, 9.17) is 16.3 Å². The first-order chi connectivity index (χ1) is 10.2. The molecular weight excluding hydrogens is 288 g/mol. The summed E-state index contributed by atoms with van der Waals surface area (Å²) in [5, 5.41) is 6.06. The van der Waals surface area contributed by atoms with Crippen molar-refractivity contribution in [2.75, 3.05) is 17.2 Å². The van der Waals surface area contributed by atoms with Gasteiger partial charge >= 0.3 is 6.03 Å². The highest BCUT2D eigenvalue weighted by Crippen LogP contribution is 2.17. The molecule has 0 fully saturated rings. The molecule has 0 unspecified atom stereocenters. The predicted octanol–water partition coefficient (Wildman–Crippen LogP) is 4.55. The minimum atomic E-state index is -0.322. The molecule has 108 valence electrons. The maximum absolute atomic E-state index is 11.8. The minimum absolute atomic E-state index is 0.322. The summed E-state index contributed by atoms with van der Waals surface area (Å²) in [6, 6.07) is 13.6. The zero-order chi connectivity index (χ0) is 15.1. The quantitative estimate of drug-likeness (QED) is 0.796. The number of amides is 2. The molecule has 0 aliphatic rings. The van der Waals surface area contributed by atoms with Crippen molar-refractivity contribution in [3.8, 4) is 5.75 Å². The lowest BCUT2D eigenvalue weighted by atomic mass is 10.3. The number of nitrogens with one attached hydrogen (secondary N) is 2. The Morgan fingerprint density at radius 3 is 2.10 bits per heavy atom. The SMILES string of the molecule is C=CCOc1ccc(NC(=O)Nc2ccc(Cl)cc2)cc1. The lowest BCUT2D eigenvalue weighted by Gasteiger charge is -2.08. The van der Waals surface area contributed by atoms with Crippen LogP contribution in [0.15, 0.2) is 61.2 Å². The molecule has 5 heteroatoms. The normalized spacial score (nSPS) is 9.76. The second-order valence-corrected chi connectivity index (χ2v) is 4.65. The van der Waals surface area contributed by atoms with Crippen molar-refractivity contribution in [1.82, 2.24) is 0 Å². The number of carbonyl (C=O) groups is 1. The zero-order valence-corrected chi connectivity index (χ0v) is 12.1. The number of ether oxygens (including phenoxy) is 1. The van der Waals surface area contributed by atoms with E-state index in [9.17, 15) is 4.79 Å². The Hall–Kier alpha value is -2.46. The Bertz CT molecular complexity index is 609. The largest absolute Gasteiger partial charge is 0.490 e. The van der Waals surface area contributed by atoms with Crippen molar-refractivity contribution in [2.24, 2.45) is 0 Å². The van der Waals surface area contributed by atoms with E-state index in [-0.39, 0.29) is 6.03 Å². The van der Waals surface area contributed by atoms with Gasteiger partial charge in [0, 0.05) is 16.4 Å². The van der Waals surface area contributed by atoms with Crippen molar-refractivity contribution < 1.29 is 9.53 Å². The van der Waals surface area contributed by atoms with E-state index in [0.29, 0.717) is 23.0 Å². The van der Waals surface area contributed by atoms with Gasteiger partial charge in [0.05, 0.1) is 0 Å². The lowest BCUT2D eigenvalue weighted by Crippen LogP contribution is -2.19. The van der Waals surface area contributed by atoms with E-state index >= 15 is 0 Å². The van der Waals surface area contributed by atoms with Gasteiger partial charge in [0.25, 0.3) is 0 Å². The molecule has 2 rings (SSSR count). The summed E-state index contributed by atoms with van der Waals surface area (Å²) in [7, 11) is 0. The van der Waals surface area contributed by atoms with Gasteiger partial charge in [-0.1, -0.05) is 24.3 Å². The van der Waals surface area contributed by atoms with Crippen LogP contribution in [-0.4, -0.2) is 12.6 Å². The number of halogens is 1. The molecule has 2 N–H and O–H groups in total. The molecule has 2 amide bonds. The minimum Gasteiger partial charge on any atom is -0.490 e. The average Bonchev–Trinajstić information content (AvgIpc) is 2.49. The van der Waals surface area contributed by atoms with Crippen molar-refractivity contribution in [3.63, 3.8) is 0 Å². The summed E-state index contributed by atoms with van der Waals surface area (Å²) in [6.45, 7) is 4.03. The van der Waals surface area contributed by atoms with E-state index < -0.39 is 0 Å². The monoisotopic (exact) mass is 302 g/mol. The van der Waals surface area contributed by atoms with Gasteiger partial charge in [-0.3, -0.25) is 0 Å². The number of benzene rings is 2. The van der Waals surface area contributed by atoms with E-state index in [1.165, 1.54) is 0 Å². The third kappa shape index (κ3) is 4.85. The molecule has 0 saturated carbocycles. The van der Waals surface area contributed by atoms with Crippen LogP contribution in [0.2, 0.25) is 5.02 Å². The molecule has 0 spiro atoms. The van der Waals surface area contributed by atoms with E-state index in [2.05, 4.69) is 17.2 Å². The van der Waals surface area contributed by atoms with E-state index in [0.717, 1.165) is 5.75 Å². The number of anilines is 2. The van der Waals surface area contributed by atoms with Crippen LogP contribution in [0.5, 0.6) is 5.75 Å². The van der Waals surface area contributed by atoms with E-state index in [1.54, 1.807) is 54.6 Å². The van der Waals surface area contributed by atoms with Crippen molar-refractivity contribution in [3.05, 3.63) is 66.2 Å². The van der Waals surface area contributed by atoms with Crippen LogP contribution in [0.25, 0.3) is 0 Å². The van der Waals surface area contributed by atoms with Crippen LogP contribution >= 0.6 is 11.6 Å². The number of hydrogen-bond acceptors (Lipinski definition) is 2. The van der Waals surface area contributed by atoms with Gasteiger partial charge in [-0.15, -0.1) is 0 Å². The smallest absolute Gasteiger partial charge is 0.323 e. The topological polar surface area (TPSA) is 50.4 Å². The molecule has 0 radical (unpaired) electrons. The highest BCUT2D eigenvalue weighted by atomic mass is 35.5. The molecule has 0 aromatic heterocycles. The first-order valence-corrected chi connectivity index (χ1v) is 6.72. The molecule has 0 aliphatic heterocycles. The Balaban J connectivity index is 1.90. The van der Waals surface area contributed by atoms with Gasteiger partial charge in [-0.2, -0.15) is 0 Å². The Kier molecular flexibility index (Phi) is 5.23. The third-order valence-electron chi connectivity index (χ3n) is 2.58. The van der Waals surface area contributed by atoms with Gasteiger partial charge in [0.15, 0.2) is 0 Å². The van der Waals surface area contributed by atoms with Gasteiger partial charge < -0.3 is 15.4 Å². The molecule has 0 aliphatic carbocycles. The first kappa shape index (κ1) is 14.9. The van der Waals surface area contributed by atoms with Crippen molar-refractivity contribution in [1.29, 1.82) is 0 Å². The third-order valence-corrected chi connectivity index (χ3v) is 2.83. The van der Waals surface area contributed by atoms with E-state index in [1.807, 2.05) is 0 Å². The van der Waals surface area contributed by atoms with Crippen LogP contribution in [0, 0.1) is 0 Å². The zero-order valence-electron chi connectivity index (χ0n) is 11.3. The molecule has 2 aromatic rings. The molecule has 0 heterocycles. The maximum atomic E-state index is 11.8. The molecule has 2 aromatic carbocycles. The number of carbonyl (C=O) groups excluding carboxylic acids is 1. The van der Waals surface area contributed by atoms with Crippen LogP contribution in [0.1, 0.15) is 0 Å². The second kappa shape index (κ2) is 7.36. The summed E-state index contributed by atoms with van der Waals surface area (Å²) in [5.41, 5.74) is 1.34. The van der Waals surface area contributed by atoms with Crippen LogP contribution in [0.3, 0.4) is 0 Å². The standard InChI is InChI=1S/C16H15ClN2O2/c1-2-11-21-15-9-7-14(8-10-15)19-16(20)18-13-5-3-12(17)4-6-13/h2-10H,1,11H2,(H2,18,19,20). The molecule has 0 saturated heterocycles. The Labute approximate surface area is 128 Å². The Morgan fingerprint density at radius 1 is 1.05 bits per heavy atom.